The lowest BCUT2D eigenvalue weighted by Crippen LogP contribution is -2.38. The Bertz CT molecular complexity index is 1010. The molecule has 5 nitrogen and oxygen atoms in total. The molecule has 0 aliphatic carbocycles. The van der Waals surface area contributed by atoms with Gasteiger partial charge in [-0.25, -0.2) is 4.99 Å². The van der Waals surface area contributed by atoms with Gasteiger partial charge in [-0.05, 0) is 35.1 Å². The lowest BCUT2D eigenvalue weighted by Gasteiger charge is -2.27. The lowest BCUT2D eigenvalue weighted by molar-refractivity contribution is -0.128. The summed E-state index contributed by atoms with van der Waals surface area (Å²) < 4.78 is 0. The Morgan fingerprint density at radius 2 is 1.65 bits per heavy atom. The standard InChI is InChI=1S/C26H31N3O2/c1-17(2)14-29(15-18(3)4)26(31)23-11-22-10-9-21(12-24(22)28-25(27)13-23)20-7-5-19(16-30)6-8-20/h5-12,16-18H,13-15H2,1-4H3,(H2,27,28). The molecule has 1 aliphatic heterocycles. The summed E-state index contributed by atoms with van der Waals surface area (Å²) in [5, 5.41) is 0. The molecule has 1 heterocycles. The minimum absolute atomic E-state index is 0.0296. The Labute approximate surface area is 184 Å². The number of amides is 1. The third kappa shape index (κ3) is 5.69. The summed E-state index contributed by atoms with van der Waals surface area (Å²) in [5.41, 5.74) is 11.1. The Kier molecular flexibility index (Phi) is 7.06. The van der Waals surface area contributed by atoms with Crippen molar-refractivity contribution in [3.05, 3.63) is 59.2 Å². The van der Waals surface area contributed by atoms with Crippen LogP contribution in [0.5, 0.6) is 0 Å². The number of benzene rings is 2. The van der Waals surface area contributed by atoms with E-state index in [1.54, 1.807) is 12.1 Å². The molecular formula is C26H31N3O2. The van der Waals surface area contributed by atoms with E-state index in [0.29, 0.717) is 48.3 Å². The minimum atomic E-state index is 0.0296. The second-order valence-corrected chi connectivity index (χ2v) is 8.96. The van der Waals surface area contributed by atoms with Gasteiger partial charge in [0.25, 0.3) is 0 Å². The van der Waals surface area contributed by atoms with E-state index >= 15 is 0 Å². The fraction of sp³-hybridized carbons (Fsp3) is 0.346. The van der Waals surface area contributed by atoms with Gasteiger partial charge in [-0.2, -0.15) is 0 Å². The summed E-state index contributed by atoms with van der Waals surface area (Å²) in [4.78, 5) is 30.8. The summed E-state index contributed by atoms with van der Waals surface area (Å²) in [6, 6.07) is 13.4. The maximum absolute atomic E-state index is 13.3. The molecule has 3 rings (SSSR count). The second kappa shape index (κ2) is 9.73. The SMILES string of the molecule is CC(C)CN(CC(C)C)C(=O)C1=Cc2ccc(-c3ccc(C=O)cc3)cc2N=C(N)C1. The van der Waals surface area contributed by atoms with Crippen LogP contribution < -0.4 is 5.73 Å². The molecule has 1 amide bonds. The number of hydrogen-bond donors (Lipinski definition) is 1. The first kappa shape index (κ1) is 22.5. The number of fused-ring (bicyclic) bond motifs is 1. The molecule has 0 spiro atoms. The highest BCUT2D eigenvalue weighted by molar-refractivity contribution is 6.05. The van der Waals surface area contributed by atoms with Crippen molar-refractivity contribution < 1.29 is 9.59 Å². The number of hydrogen-bond acceptors (Lipinski definition) is 4. The Morgan fingerprint density at radius 3 is 2.23 bits per heavy atom. The van der Waals surface area contributed by atoms with Gasteiger partial charge < -0.3 is 10.6 Å². The molecule has 0 atom stereocenters. The molecule has 0 saturated heterocycles. The number of carbonyl (C=O) groups is 2. The number of nitrogens with two attached hydrogens (primary N) is 1. The molecule has 0 unspecified atom stereocenters. The second-order valence-electron chi connectivity index (χ2n) is 8.96. The van der Waals surface area contributed by atoms with Crippen LogP contribution in [0, 0.1) is 11.8 Å². The molecule has 0 fully saturated rings. The van der Waals surface area contributed by atoms with Gasteiger partial charge in [-0.3, -0.25) is 9.59 Å². The van der Waals surface area contributed by atoms with Gasteiger partial charge in [-0.1, -0.05) is 64.1 Å². The van der Waals surface area contributed by atoms with E-state index in [1.807, 2.05) is 41.3 Å². The van der Waals surface area contributed by atoms with Crippen molar-refractivity contribution in [2.75, 3.05) is 13.1 Å². The van der Waals surface area contributed by atoms with Crippen molar-refractivity contribution in [1.29, 1.82) is 0 Å². The first-order valence-corrected chi connectivity index (χ1v) is 10.8. The summed E-state index contributed by atoms with van der Waals surface area (Å²) in [6.45, 7) is 9.92. The van der Waals surface area contributed by atoms with Crippen LogP contribution >= 0.6 is 0 Å². The van der Waals surface area contributed by atoms with Gasteiger partial charge in [0.05, 0.1) is 5.69 Å². The largest absolute Gasteiger partial charge is 0.387 e. The Balaban J connectivity index is 1.95. The van der Waals surface area contributed by atoms with Crippen molar-refractivity contribution in [3.63, 3.8) is 0 Å². The van der Waals surface area contributed by atoms with Crippen molar-refractivity contribution in [2.45, 2.75) is 34.1 Å². The van der Waals surface area contributed by atoms with Crippen molar-refractivity contribution in [3.8, 4) is 11.1 Å². The molecule has 162 valence electrons. The molecule has 0 bridgehead atoms. The van der Waals surface area contributed by atoms with E-state index in [0.717, 1.165) is 28.7 Å². The minimum Gasteiger partial charge on any atom is -0.387 e. The highest BCUT2D eigenvalue weighted by atomic mass is 16.2. The smallest absolute Gasteiger partial charge is 0.250 e. The summed E-state index contributed by atoms with van der Waals surface area (Å²) in [5.74, 6) is 1.24. The zero-order chi connectivity index (χ0) is 22.5. The van der Waals surface area contributed by atoms with Crippen LogP contribution in [0.15, 0.2) is 53.0 Å². The Hall–Kier alpha value is -3.21. The normalized spacial score (nSPS) is 13.4. The average molecular weight is 418 g/mol. The highest BCUT2D eigenvalue weighted by Gasteiger charge is 2.23. The fourth-order valence-electron chi connectivity index (χ4n) is 3.79. The molecule has 0 saturated carbocycles. The van der Waals surface area contributed by atoms with Crippen LogP contribution in [-0.4, -0.2) is 36.0 Å². The number of rotatable bonds is 7. The van der Waals surface area contributed by atoms with Crippen molar-refractivity contribution in [2.24, 2.45) is 22.6 Å². The molecule has 2 aromatic rings. The van der Waals surface area contributed by atoms with Crippen LogP contribution in [0.25, 0.3) is 17.2 Å². The topological polar surface area (TPSA) is 75.8 Å². The lowest BCUT2D eigenvalue weighted by atomic mass is 10.00. The van der Waals surface area contributed by atoms with E-state index in [1.165, 1.54) is 0 Å². The molecule has 5 heteroatoms. The fourth-order valence-corrected chi connectivity index (χ4v) is 3.79. The Morgan fingerprint density at radius 1 is 1.03 bits per heavy atom. The molecule has 0 radical (unpaired) electrons. The van der Waals surface area contributed by atoms with E-state index < -0.39 is 0 Å². The third-order valence-electron chi connectivity index (χ3n) is 5.11. The first-order valence-electron chi connectivity index (χ1n) is 10.8. The maximum atomic E-state index is 13.3. The van der Waals surface area contributed by atoms with Gasteiger partial charge >= 0.3 is 0 Å². The number of aldehydes is 1. The van der Waals surface area contributed by atoms with Crippen LogP contribution in [-0.2, 0) is 4.79 Å². The molecule has 31 heavy (non-hydrogen) atoms. The zero-order valence-corrected chi connectivity index (χ0v) is 18.8. The summed E-state index contributed by atoms with van der Waals surface area (Å²) in [6.07, 6.45) is 3.09. The van der Waals surface area contributed by atoms with E-state index in [9.17, 15) is 9.59 Å². The van der Waals surface area contributed by atoms with Gasteiger partial charge in [0, 0.05) is 36.2 Å². The molecule has 1 aliphatic rings. The van der Waals surface area contributed by atoms with Gasteiger partial charge in [-0.15, -0.1) is 0 Å². The predicted octanol–water partition coefficient (Wildman–Crippen LogP) is 5.08. The average Bonchev–Trinajstić information content (AvgIpc) is 2.89. The number of nitrogens with zero attached hydrogens (tertiary/aromatic N) is 2. The van der Waals surface area contributed by atoms with Crippen molar-refractivity contribution in [1.82, 2.24) is 4.90 Å². The summed E-state index contributed by atoms with van der Waals surface area (Å²) in [7, 11) is 0. The monoisotopic (exact) mass is 417 g/mol. The van der Waals surface area contributed by atoms with E-state index in [-0.39, 0.29) is 5.91 Å². The number of carbonyl (C=O) groups excluding carboxylic acids is 2. The van der Waals surface area contributed by atoms with Gasteiger partial charge in [0.1, 0.15) is 12.1 Å². The zero-order valence-electron chi connectivity index (χ0n) is 18.8. The number of aliphatic imine (C=N–C) groups is 1. The van der Waals surface area contributed by atoms with Crippen LogP contribution in [0.4, 0.5) is 5.69 Å². The van der Waals surface area contributed by atoms with Gasteiger partial charge in [0.15, 0.2) is 0 Å². The van der Waals surface area contributed by atoms with Crippen molar-refractivity contribution >= 4 is 29.8 Å². The van der Waals surface area contributed by atoms with Crippen LogP contribution in [0.2, 0.25) is 0 Å². The summed E-state index contributed by atoms with van der Waals surface area (Å²) >= 11 is 0. The van der Waals surface area contributed by atoms with Gasteiger partial charge in [0.2, 0.25) is 5.91 Å². The quantitative estimate of drug-likeness (QED) is 0.638. The molecular weight excluding hydrogens is 386 g/mol. The molecule has 2 aromatic carbocycles. The predicted molar refractivity (Wildman–Crippen MR) is 127 cm³/mol. The van der Waals surface area contributed by atoms with Crippen LogP contribution in [0.3, 0.4) is 0 Å². The third-order valence-corrected chi connectivity index (χ3v) is 5.11. The highest BCUT2D eigenvalue weighted by Crippen LogP contribution is 2.32. The molecule has 2 N–H and O–H groups in total. The number of amidine groups is 1. The first-order chi connectivity index (χ1) is 14.8. The van der Waals surface area contributed by atoms with E-state index in [2.05, 4.69) is 32.7 Å². The van der Waals surface area contributed by atoms with Crippen LogP contribution in [0.1, 0.15) is 50.0 Å². The molecule has 0 aromatic heterocycles. The maximum Gasteiger partial charge on any atom is 0.250 e. The van der Waals surface area contributed by atoms with E-state index in [4.69, 9.17) is 5.73 Å².